The first-order valence-corrected chi connectivity index (χ1v) is 11.6. The van der Waals surface area contributed by atoms with E-state index in [1.54, 1.807) is 0 Å². The lowest BCUT2D eigenvalue weighted by Gasteiger charge is -2.34. The van der Waals surface area contributed by atoms with Gasteiger partial charge in [-0.25, -0.2) is 9.97 Å². The minimum absolute atomic E-state index is 0.795. The number of fused-ring (bicyclic) bond motifs is 1. The summed E-state index contributed by atoms with van der Waals surface area (Å²) in [5, 5.41) is 4.27. The van der Waals surface area contributed by atoms with Crippen LogP contribution in [0.5, 0.6) is 0 Å². The number of anilines is 1. The van der Waals surface area contributed by atoms with Crippen LogP contribution in [0.15, 0.2) is 73.2 Å². The first-order valence-electron chi connectivity index (χ1n) is 11.6. The quantitative estimate of drug-likeness (QED) is 0.439. The molecule has 0 unspecified atom stereocenters. The molecule has 170 valence electrons. The summed E-state index contributed by atoms with van der Waals surface area (Å²) >= 11 is 0. The molecule has 1 aliphatic rings. The van der Waals surface area contributed by atoms with Gasteiger partial charge in [0.2, 0.25) is 0 Å². The van der Waals surface area contributed by atoms with Crippen LogP contribution >= 0.6 is 0 Å². The average Bonchev–Trinajstić information content (AvgIpc) is 3.50. The predicted octanol–water partition coefficient (Wildman–Crippen LogP) is 4.44. The minimum atomic E-state index is 0.795. The third kappa shape index (κ3) is 3.74. The Labute approximate surface area is 198 Å². The number of aromatic amines is 1. The Morgan fingerprint density at radius 3 is 2.21 bits per heavy atom. The number of H-pyrrole nitrogens is 1. The van der Waals surface area contributed by atoms with Gasteiger partial charge < -0.3 is 14.8 Å². The second-order valence-corrected chi connectivity index (χ2v) is 8.91. The zero-order valence-corrected chi connectivity index (χ0v) is 19.4. The Morgan fingerprint density at radius 2 is 1.50 bits per heavy atom. The molecule has 0 spiro atoms. The van der Waals surface area contributed by atoms with Gasteiger partial charge in [0.25, 0.3) is 0 Å². The van der Waals surface area contributed by atoms with Crippen molar-refractivity contribution in [2.75, 3.05) is 38.1 Å². The van der Waals surface area contributed by atoms with Crippen LogP contribution in [0.3, 0.4) is 0 Å². The van der Waals surface area contributed by atoms with Crippen molar-refractivity contribution < 1.29 is 0 Å². The second-order valence-electron chi connectivity index (χ2n) is 8.91. The van der Waals surface area contributed by atoms with Crippen LogP contribution in [0, 0.1) is 0 Å². The standard InChI is InChI=1S/C27H27N7/c1-32-13-15-34(16-14-32)22-9-7-20(8-10-22)24-18-29-27-26(31-24)23(17-28-27)19-3-5-21(6-4-19)25-11-12-30-33(25)2/h3-12,17-18H,13-16H2,1-2H3,(H,28,29). The second kappa shape index (κ2) is 8.43. The summed E-state index contributed by atoms with van der Waals surface area (Å²) in [7, 11) is 4.14. The fourth-order valence-corrected chi connectivity index (χ4v) is 4.64. The fourth-order valence-electron chi connectivity index (χ4n) is 4.64. The molecule has 0 radical (unpaired) electrons. The summed E-state index contributed by atoms with van der Waals surface area (Å²) in [6, 6.07) is 19.2. The van der Waals surface area contributed by atoms with Crippen molar-refractivity contribution in [1.82, 2.24) is 29.6 Å². The Balaban J connectivity index is 1.29. The summed E-state index contributed by atoms with van der Waals surface area (Å²) in [4.78, 5) is 17.7. The van der Waals surface area contributed by atoms with Gasteiger partial charge in [0.1, 0.15) is 5.52 Å². The van der Waals surface area contributed by atoms with Crippen LogP contribution in [0.25, 0.3) is 44.8 Å². The molecule has 1 saturated heterocycles. The van der Waals surface area contributed by atoms with Crippen LogP contribution in [0.4, 0.5) is 5.69 Å². The molecule has 1 fully saturated rings. The van der Waals surface area contributed by atoms with Crippen LogP contribution in [0.2, 0.25) is 0 Å². The number of nitrogens with one attached hydrogen (secondary N) is 1. The Morgan fingerprint density at radius 1 is 0.794 bits per heavy atom. The molecule has 0 saturated carbocycles. The summed E-state index contributed by atoms with van der Waals surface area (Å²) in [5.41, 5.74) is 9.28. The van der Waals surface area contributed by atoms with Gasteiger partial charge in [-0.15, -0.1) is 0 Å². The number of piperazine rings is 1. The minimum Gasteiger partial charge on any atom is -0.369 e. The molecule has 0 aliphatic carbocycles. The van der Waals surface area contributed by atoms with E-state index in [0.29, 0.717) is 0 Å². The highest BCUT2D eigenvalue weighted by Gasteiger charge is 2.15. The van der Waals surface area contributed by atoms with Crippen LogP contribution in [0.1, 0.15) is 0 Å². The first-order chi connectivity index (χ1) is 16.7. The summed E-state index contributed by atoms with van der Waals surface area (Å²) in [5.74, 6) is 0. The van der Waals surface area contributed by atoms with Crippen molar-refractivity contribution >= 4 is 16.9 Å². The van der Waals surface area contributed by atoms with Gasteiger partial charge >= 0.3 is 0 Å². The van der Waals surface area contributed by atoms with Crippen molar-refractivity contribution in [1.29, 1.82) is 0 Å². The number of hydrogen-bond donors (Lipinski definition) is 1. The van der Waals surface area contributed by atoms with E-state index in [9.17, 15) is 0 Å². The SMILES string of the molecule is CN1CCN(c2ccc(-c3cnc4[nH]cc(-c5ccc(-c6ccnn6C)cc5)c4n3)cc2)CC1. The van der Waals surface area contributed by atoms with Crippen molar-refractivity contribution in [2.24, 2.45) is 7.05 Å². The molecule has 5 aromatic rings. The zero-order valence-electron chi connectivity index (χ0n) is 19.4. The van der Waals surface area contributed by atoms with Gasteiger partial charge in [0.05, 0.1) is 17.6 Å². The molecule has 6 rings (SSSR count). The maximum atomic E-state index is 4.99. The number of nitrogens with zero attached hydrogens (tertiary/aromatic N) is 6. The van der Waals surface area contributed by atoms with Gasteiger partial charge in [-0.05, 0) is 36.4 Å². The molecule has 4 heterocycles. The fraction of sp³-hybridized carbons (Fsp3) is 0.222. The first kappa shape index (κ1) is 20.6. The van der Waals surface area contributed by atoms with Crippen LogP contribution < -0.4 is 4.90 Å². The van der Waals surface area contributed by atoms with Crippen molar-refractivity contribution in [3.8, 4) is 33.6 Å². The van der Waals surface area contributed by atoms with Gasteiger partial charge in [-0.1, -0.05) is 36.4 Å². The van der Waals surface area contributed by atoms with E-state index in [1.165, 1.54) is 5.69 Å². The smallest absolute Gasteiger partial charge is 0.156 e. The monoisotopic (exact) mass is 449 g/mol. The number of benzene rings is 2. The molecule has 0 bridgehead atoms. The number of rotatable bonds is 4. The molecule has 0 amide bonds. The Bertz CT molecular complexity index is 1420. The maximum Gasteiger partial charge on any atom is 0.156 e. The van der Waals surface area contributed by atoms with E-state index in [0.717, 1.165) is 71.0 Å². The summed E-state index contributed by atoms with van der Waals surface area (Å²) in [6.07, 6.45) is 5.65. The van der Waals surface area contributed by atoms with Gasteiger partial charge in [-0.3, -0.25) is 4.68 Å². The number of hydrogen-bond acceptors (Lipinski definition) is 5. The third-order valence-electron chi connectivity index (χ3n) is 6.72. The molecule has 0 atom stereocenters. The number of aromatic nitrogens is 5. The van der Waals surface area contributed by atoms with E-state index in [2.05, 4.69) is 80.4 Å². The van der Waals surface area contributed by atoms with Crippen LogP contribution in [-0.4, -0.2) is 62.9 Å². The van der Waals surface area contributed by atoms with Crippen molar-refractivity contribution in [3.05, 3.63) is 73.2 Å². The lowest BCUT2D eigenvalue weighted by atomic mass is 10.0. The van der Waals surface area contributed by atoms with Crippen LogP contribution in [-0.2, 0) is 7.05 Å². The highest BCUT2D eigenvalue weighted by atomic mass is 15.3. The summed E-state index contributed by atoms with van der Waals surface area (Å²) in [6.45, 7) is 4.33. The lowest BCUT2D eigenvalue weighted by Crippen LogP contribution is -2.44. The molecule has 1 N–H and O–H groups in total. The Kier molecular flexibility index (Phi) is 5.11. The van der Waals surface area contributed by atoms with Crippen molar-refractivity contribution in [2.45, 2.75) is 0 Å². The highest BCUT2D eigenvalue weighted by molar-refractivity contribution is 5.91. The third-order valence-corrected chi connectivity index (χ3v) is 6.72. The Hall–Kier alpha value is -3.97. The molecule has 34 heavy (non-hydrogen) atoms. The van der Waals surface area contributed by atoms with Gasteiger partial charge in [-0.2, -0.15) is 5.10 Å². The highest BCUT2D eigenvalue weighted by Crippen LogP contribution is 2.30. The molecular formula is C27H27N7. The normalized spacial score (nSPS) is 14.7. The van der Waals surface area contributed by atoms with E-state index >= 15 is 0 Å². The van der Waals surface area contributed by atoms with Gasteiger partial charge in [0, 0.05) is 62.4 Å². The average molecular weight is 450 g/mol. The largest absolute Gasteiger partial charge is 0.369 e. The van der Waals surface area contributed by atoms with E-state index in [4.69, 9.17) is 4.98 Å². The predicted molar refractivity (Wildman–Crippen MR) is 137 cm³/mol. The lowest BCUT2D eigenvalue weighted by molar-refractivity contribution is 0.313. The number of likely N-dealkylation sites (N-methyl/N-ethyl adjacent to an activating group) is 1. The zero-order chi connectivity index (χ0) is 23.1. The molecule has 2 aromatic carbocycles. The molecule has 3 aromatic heterocycles. The number of aryl methyl sites for hydroxylation is 1. The van der Waals surface area contributed by atoms with E-state index in [-0.39, 0.29) is 0 Å². The molecule has 1 aliphatic heterocycles. The van der Waals surface area contributed by atoms with Crippen molar-refractivity contribution in [3.63, 3.8) is 0 Å². The molecule has 7 heteroatoms. The summed E-state index contributed by atoms with van der Waals surface area (Å²) < 4.78 is 1.88. The van der Waals surface area contributed by atoms with E-state index < -0.39 is 0 Å². The van der Waals surface area contributed by atoms with Gasteiger partial charge in [0.15, 0.2) is 5.65 Å². The van der Waals surface area contributed by atoms with E-state index in [1.807, 2.05) is 36.4 Å². The maximum absolute atomic E-state index is 4.99. The molecule has 7 nitrogen and oxygen atoms in total. The topological polar surface area (TPSA) is 65.9 Å². The molecular weight excluding hydrogens is 422 g/mol.